The van der Waals surface area contributed by atoms with Crippen LogP contribution in [-0.4, -0.2) is 17.8 Å². The summed E-state index contributed by atoms with van der Waals surface area (Å²) in [6, 6.07) is 0. The van der Waals surface area contributed by atoms with Crippen molar-refractivity contribution < 1.29 is 5.11 Å². The summed E-state index contributed by atoms with van der Waals surface area (Å²) in [7, 11) is 0. The van der Waals surface area contributed by atoms with Gasteiger partial charge in [0.05, 0.1) is 0 Å². The predicted molar refractivity (Wildman–Crippen MR) is 53.0 cm³/mol. The Hall–Kier alpha value is -0.340. The number of allylic oxidation sites excluding steroid dienone is 1. The van der Waals surface area contributed by atoms with Crippen molar-refractivity contribution in [1.82, 2.24) is 0 Å². The Labute approximate surface area is 75.5 Å². The maximum absolute atomic E-state index is 8.06. The van der Waals surface area contributed by atoms with Gasteiger partial charge in [-0.25, -0.2) is 0 Å². The van der Waals surface area contributed by atoms with Crippen molar-refractivity contribution in [2.45, 2.75) is 45.6 Å². The van der Waals surface area contributed by atoms with Gasteiger partial charge in [0.1, 0.15) is 0 Å². The molecular weight excluding hydrogens is 150 g/mol. The Morgan fingerprint density at radius 1 is 1.50 bits per heavy atom. The third-order valence-corrected chi connectivity index (χ3v) is 1.65. The summed E-state index contributed by atoms with van der Waals surface area (Å²) in [6.07, 6.45) is 7.33. The molecular formula is C10H21NO. The van der Waals surface area contributed by atoms with Crippen LogP contribution in [0.4, 0.5) is 0 Å². The third-order valence-electron chi connectivity index (χ3n) is 1.65. The molecule has 2 nitrogen and oxygen atoms in total. The molecule has 0 radical (unpaired) electrons. The van der Waals surface area contributed by atoms with Gasteiger partial charge in [-0.05, 0) is 39.5 Å². The first-order valence-corrected chi connectivity index (χ1v) is 4.73. The second kappa shape index (κ2) is 7.32. The summed E-state index contributed by atoms with van der Waals surface area (Å²) in [4.78, 5) is 0. The predicted octanol–water partition coefficient (Wildman–Crippen LogP) is 1.83. The Morgan fingerprint density at radius 3 is 2.33 bits per heavy atom. The van der Waals surface area contributed by atoms with Crippen molar-refractivity contribution in [2.24, 2.45) is 5.73 Å². The average molecular weight is 171 g/mol. The van der Waals surface area contributed by atoms with Crippen LogP contribution in [0.15, 0.2) is 11.6 Å². The molecule has 0 unspecified atom stereocenters. The topological polar surface area (TPSA) is 46.2 Å². The standard InChI is InChI=1S/C7H13N.C3H8O/c8-6-7-4-2-1-3-5-7;1-3(2)4/h4H,1-3,5-6,8H2;3-4H,1-2H3. The van der Waals surface area contributed by atoms with E-state index in [4.69, 9.17) is 10.8 Å². The molecule has 0 amide bonds. The lowest BCUT2D eigenvalue weighted by atomic mass is 10.0. The minimum Gasteiger partial charge on any atom is -0.394 e. The second-order valence-corrected chi connectivity index (χ2v) is 3.41. The van der Waals surface area contributed by atoms with E-state index in [9.17, 15) is 0 Å². The van der Waals surface area contributed by atoms with Gasteiger partial charge in [-0.15, -0.1) is 0 Å². The fourth-order valence-corrected chi connectivity index (χ4v) is 1.09. The molecule has 0 aromatic carbocycles. The molecule has 0 bridgehead atoms. The maximum atomic E-state index is 8.06. The highest BCUT2D eigenvalue weighted by atomic mass is 16.3. The first-order chi connectivity index (χ1) is 5.66. The monoisotopic (exact) mass is 171 g/mol. The molecule has 0 atom stereocenters. The molecule has 0 spiro atoms. The van der Waals surface area contributed by atoms with Gasteiger partial charge in [-0.1, -0.05) is 11.6 Å². The fourth-order valence-electron chi connectivity index (χ4n) is 1.09. The molecule has 0 saturated heterocycles. The molecule has 1 aliphatic rings. The molecule has 1 aliphatic carbocycles. The molecule has 0 heterocycles. The van der Waals surface area contributed by atoms with Crippen LogP contribution in [0.25, 0.3) is 0 Å². The van der Waals surface area contributed by atoms with Crippen LogP contribution in [0.1, 0.15) is 39.5 Å². The van der Waals surface area contributed by atoms with E-state index in [1.54, 1.807) is 13.8 Å². The summed E-state index contributed by atoms with van der Waals surface area (Å²) in [6.45, 7) is 4.22. The number of hydrogen-bond donors (Lipinski definition) is 2. The van der Waals surface area contributed by atoms with E-state index in [2.05, 4.69) is 6.08 Å². The van der Waals surface area contributed by atoms with Gasteiger partial charge in [-0.3, -0.25) is 0 Å². The molecule has 2 heteroatoms. The van der Waals surface area contributed by atoms with Crippen molar-refractivity contribution in [1.29, 1.82) is 0 Å². The first-order valence-electron chi connectivity index (χ1n) is 4.73. The SMILES string of the molecule is CC(C)O.NCC1=CCCCC1. The van der Waals surface area contributed by atoms with E-state index in [1.807, 2.05) is 0 Å². The Kier molecular flexibility index (Phi) is 7.11. The number of nitrogens with two attached hydrogens (primary N) is 1. The van der Waals surface area contributed by atoms with Crippen LogP contribution in [-0.2, 0) is 0 Å². The normalized spacial score (nSPS) is 16.6. The largest absolute Gasteiger partial charge is 0.394 e. The van der Waals surface area contributed by atoms with E-state index in [-0.39, 0.29) is 6.10 Å². The van der Waals surface area contributed by atoms with Crippen LogP contribution >= 0.6 is 0 Å². The van der Waals surface area contributed by atoms with E-state index >= 15 is 0 Å². The summed E-state index contributed by atoms with van der Waals surface area (Å²) < 4.78 is 0. The molecule has 0 saturated carbocycles. The zero-order chi connectivity index (χ0) is 9.40. The third kappa shape index (κ3) is 7.76. The zero-order valence-electron chi connectivity index (χ0n) is 8.21. The van der Waals surface area contributed by atoms with E-state index < -0.39 is 0 Å². The highest BCUT2D eigenvalue weighted by molar-refractivity contribution is 5.05. The summed E-state index contributed by atoms with van der Waals surface area (Å²) in [5.41, 5.74) is 6.89. The molecule has 12 heavy (non-hydrogen) atoms. The second-order valence-electron chi connectivity index (χ2n) is 3.41. The van der Waals surface area contributed by atoms with Crippen LogP contribution in [0.2, 0.25) is 0 Å². The van der Waals surface area contributed by atoms with E-state index in [0.717, 1.165) is 6.54 Å². The van der Waals surface area contributed by atoms with Crippen LogP contribution in [0.5, 0.6) is 0 Å². The first kappa shape index (κ1) is 11.7. The number of hydrogen-bond acceptors (Lipinski definition) is 2. The van der Waals surface area contributed by atoms with E-state index in [0.29, 0.717) is 0 Å². The summed E-state index contributed by atoms with van der Waals surface area (Å²) >= 11 is 0. The Bertz CT molecular complexity index is 127. The van der Waals surface area contributed by atoms with Gasteiger partial charge in [0.2, 0.25) is 0 Å². The van der Waals surface area contributed by atoms with Crippen LogP contribution in [0, 0.1) is 0 Å². The van der Waals surface area contributed by atoms with Gasteiger partial charge >= 0.3 is 0 Å². The van der Waals surface area contributed by atoms with Gasteiger partial charge in [-0.2, -0.15) is 0 Å². The minimum absolute atomic E-state index is 0.167. The lowest BCUT2D eigenvalue weighted by Gasteiger charge is -2.08. The van der Waals surface area contributed by atoms with Crippen LogP contribution < -0.4 is 5.73 Å². The molecule has 1 rings (SSSR count). The molecule has 0 fully saturated rings. The van der Waals surface area contributed by atoms with Gasteiger partial charge in [0.15, 0.2) is 0 Å². The number of aliphatic hydroxyl groups is 1. The van der Waals surface area contributed by atoms with Crippen LogP contribution in [0.3, 0.4) is 0 Å². The van der Waals surface area contributed by atoms with Crippen molar-refractivity contribution in [3.63, 3.8) is 0 Å². The molecule has 3 N–H and O–H groups in total. The lowest BCUT2D eigenvalue weighted by Crippen LogP contribution is -2.05. The molecule has 0 aliphatic heterocycles. The van der Waals surface area contributed by atoms with Gasteiger partial charge in [0, 0.05) is 12.6 Å². The Balaban J connectivity index is 0.000000261. The van der Waals surface area contributed by atoms with Gasteiger partial charge in [0.25, 0.3) is 0 Å². The highest BCUT2D eigenvalue weighted by Gasteiger charge is 1.99. The number of aliphatic hydroxyl groups excluding tert-OH is 1. The Morgan fingerprint density at radius 2 is 2.08 bits per heavy atom. The zero-order valence-corrected chi connectivity index (χ0v) is 8.21. The quantitative estimate of drug-likeness (QED) is 0.591. The van der Waals surface area contributed by atoms with Crippen molar-refractivity contribution in [2.75, 3.05) is 6.54 Å². The lowest BCUT2D eigenvalue weighted by molar-refractivity contribution is 0.216. The van der Waals surface area contributed by atoms with Crippen molar-refractivity contribution in [3.8, 4) is 0 Å². The smallest absolute Gasteiger partial charge is 0.0483 e. The number of rotatable bonds is 1. The molecule has 0 aromatic heterocycles. The molecule has 72 valence electrons. The summed E-state index contributed by atoms with van der Waals surface area (Å²) in [5.74, 6) is 0. The van der Waals surface area contributed by atoms with Gasteiger partial charge < -0.3 is 10.8 Å². The van der Waals surface area contributed by atoms with E-state index in [1.165, 1.54) is 31.3 Å². The maximum Gasteiger partial charge on any atom is 0.0483 e. The fraction of sp³-hybridized carbons (Fsp3) is 0.800. The summed E-state index contributed by atoms with van der Waals surface area (Å²) in [5, 5.41) is 8.06. The molecule has 0 aromatic rings. The average Bonchev–Trinajstić information content (AvgIpc) is 2.05. The minimum atomic E-state index is -0.167. The highest BCUT2D eigenvalue weighted by Crippen LogP contribution is 2.15. The van der Waals surface area contributed by atoms with Crippen molar-refractivity contribution in [3.05, 3.63) is 11.6 Å². The van der Waals surface area contributed by atoms with Crippen molar-refractivity contribution >= 4 is 0 Å².